The third kappa shape index (κ3) is 5.03. The van der Waals surface area contributed by atoms with Gasteiger partial charge in [-0.2, -0.15) is 4.31 Å². The van der Waals surface area contributed by atoms with E-state index in [9.17, 15) is 21.6 Å². The number of likely N-dealkylation sites (tertiary alicyclic amines) is 1. The number of sulfone groups is 1. The molecular formula is C22H33N3O5S2. The van der Waals surface area contributed by atoms with E-state index in [1.54, 1.807) is 7.05 Å². The van der Waals surface area contributed by atoms with E-state index < -0.39 is 25.9 Å². The predicted molar refractivity (Wildman–Crippen MR) is 123 cm³/mol. The Balaban J connectivity index is 1.44. The molecule has 0 radical (unpaired) electrons. The van der Waals surface area contributed by atoms with Crippen LogP contribution in [0.5, 0.6) is 0 Å². The summed E-state index contributed by atoms with van der Waals surface area (Å²) >= 11 is 0. The lowest BCUT2D eigenvalue weighted by molar-refractivity contribution is 0.0918. The van der Waals surface area contributed by atoms with Crippen LogP contribution in [0, 0.1) is 0 Å². The van der Waals surface area contributed by atoms with E-state index in [0.717, 1.165) is 58.0 Å². The Morgan fingerprint density at radius 2 is 1.62 bits per heavy atom. The molecule has 32 heavy (non-hydrogen) atoms. The third-order valence-corrected chi connectivity index (χ3v) is 10.8. The first-order valence-corrected chi connectivity index (χ1v) is 14.8. The second-order valence-electron chi connectivity index (χ2n) is 9.30. The number of benzene rings is 1. The zero-order valence-electron chi connectivity index (χ0n) is 18.6. The standard InChI is InChI=1S/C22H33N3O5S2/c1-24(18-7-3-2-4-8-18)32(29,30)19-11-9-17(10-12-19)22(26)23-20-15-31(27,28)16-21(20)25-13-5-6-14-25/h9-12,18,20-21H,2-8,13-16H2,1H3,(H,23,26). The van der Waals surface area contributed by atoms with Gasteiger partial charge in [-0.3, -0.25) is 9.69 Å². The van der Waals surface area contributed by atoms with Gasteiger partial charge in [-0.1, -0.05) is 19.3 Å². The van der Waals surface area contributed by atoms with Crippen LogP contribution in [0.25, 0.3) is 0 Å². The number of nitrogens with zero attached hydrogens (tertiary/aromatic N) is 2. The van der Waals surface area contributed by atoms with Crippen LogP contribution in [0.2, 0.25) is 0 Å². The van der Waals surface area contributed by atoms with E-state index in [1.807, 2.05) is 0 Å². The van der Waals surface area contributed by atoms with Gasteiger partial charge in [0.25, 0.3) is 5.91 Å². The lowest BCUT2D eigenvalue weighted by atomic mass is 9.96. The second kappa shape index (κ2) is 9.40. The van der Waals surface area contributed by atoms with Gasteiger partial charge in [0.05, 0.1) is 22.4 Å². The van der Waals surface area contributed by atoms with Crippen molar-refractivity contribution in [2.75, 3.05) is 31.6 Å². The summed E-state index contributed by atoms with van der Waals surface area (Å²) in [7, 11) is -5.19. The average Bonchev–Trinajstić information content (AvgIpc) is 3.41. The summed E-state index contributed by atoms with van der Waals surface area (Å²) < 4.78 is 51.9. The molecule has 0 aromatic heterocycles. The maximum absolute atomic E-state index is 13.0. The molecule has 2 unspecified atom stereocenters. The fraction of sp³-hybridized carbons (Fsp3) is 0.682. The SMILES string of the molecule is CN(C1CCCCC1)S(=O)(=O)c1ccc(C(=O)NC2CS(=O)(=O)CC2N2CCCC2)cc1. The van der Waals surface area contributed by atoms with Crippen molar-refractivity contribution >= 4 is 25.8 Å². The molecule has 3 fully saturated rings. The zero-order chi connectivity index (χ0) is 22.9. The molecule has 3 aliphatic rings. The summed E-state index contributed by atoms with van der Waals surface area (Å²) in [5.41, 5.74) is 0.328. The van der Waals surface area contributed by atoms with Crippen molar-refractivity contribution in [3.63, 3.8) is 0 Å². The summed E-state index contributed by atoms with van der Waals surface area (Å²) in [6.07, 6.45) is 7.06. The van der Waals surface area contributed by atoms with Gasteiger partial charge in [-0.25, -0.2) is 16.8 Å². The van der Waals surface area contributed by atoms with Crippen LogP contribution >= 0.6 is 0 Å². The minimum Gasteiger partial charge on any atom is -0.347 e. The van der Waals surface area contributed by atoms with Crippen LogP contribution in [0.15, 0.2) is 29.2 Å². The van der Waals surface area contributed by atoms with E-state index in [1.165, 1.54) is 28.6 Å². The molecule has 1 aliphatic carbocycles. The molecular weight excluding hydrogens is 450 g/mol. The molecule has 178 valence electrons. The Bertz CT molecular complexity index is 1030. The number of sulfonamides is 1. The molecule has 0 spiro atoms. The zero-order valence-corrected chi connectivity index (χ0v) is 20.2. The highest BCUT2D eigenvalue weighted by molar-refractivity contribution is 7.91. The van der Waals surface area contributed by atoms with Crippen LogP contribution in [0.4, 0.5) is 0 Å². The van der Waals surface area contributed by atoms with E-state index in [4.69, 9.17) is 0 Å². The average molecular weight is 484 g/mol. The van der Waals surface area contributed by atoms with Gasteiger partial charge in [-0.05, 0) is 63.0 Å². The summed E-state index contributed by atoms with van der Waals surface area (Å²) in [6, 6.07) is 5.31. The lowest BCUT2D eigenvalue weighted by Crippen LogP contribution is -2.50. The number of rotatable bonds is 6. The molecule has 1 amide bonds. The van der Waals surface area contributed by atoms with Crippen molar-refractivity contribution < 1.29 is 21.6 Å². The molecule has 1 aromatic rings. The Labute approximate surface area is 191 Å². The van der Waals surface area contributed by atoms with Crippen molar-refractivity contribution in [3.8, 4) is 0 Å². The molecule has 1 N–H and O–H groups in total. The molecule has 2 saturated heterocycles. The van der Waals surface area contributed by atoms with Crippen molar-refractivity contribution in [1.29, 1.82) is 0 Å². The fourth-order valence-electron chi connectivity index (χ4n) is 5.24. The number of carbonyl (C=O) groups excluding carboxylic acids is 1. The Morgan fingerprint density at radius 1 is 1.00 bits per heavy atom. The first kappa shape index (κ1) is 23.7. The number of amides is 1. The molecule has 1 aromatic carbocycles. The van der Waals surface area contributed by atoms with Crippen LogP contribution in [0.3, 0.4) is 0 Å². The number of carbonyl (C=O) groups is 1. The van der Waals surface area contributed by atoms with Gasteiger partial charge < -0.3 is 5.32 Å². The molecule has 1 saturated carbocycles. The lowest BCUT2D eigenvalue weighted by Gasteiger charge is -2.30. The van der Waals surface area contributed by atoms with Crippen LogP contribution in [-0.4, -0.2) is 81.7 Å². The van der Waals surface area contributed by atoms with Crippen LogP contribution < -0.4 is 5.32 Å². The Kier molecular flexibility index (Phi) is 6.95. The number of hydrogen-bond donors (Lipinski definition) is 1. The van der Waals surface area contributed by atoms with Crippen molar-refractivity contribution in [1.82, 2.24) is 14.5 Å². The summed E-state index contributed by atoms with van der Waals surface area (Å²) in [5, 5.41) is 2.89. The fourth-order valence-corrected chi connectivity index (χ4v) is 8.61. The highest BCUT2D eigenvalue weighted by Crippen LogP contribution is 2.27. The van der Waals surface area contributed by atoms with E-state index in [2.05, 4.69) is 10.2 Å². The third-order valence-electron chi connectivity index (χ3n) is 7.13. The topological polar surface area (TPSA) is 104 Å². The molecule has 0 bridgehead atoms. The molecule has 10 heteroatoms. The highest BCUT2D eigenvalue weighted by atomic mass is 32.2. The van der Waals surface area contributed by atoms with E-state index in [0.29, 0.717) is 5.56 Å². The maximum atomic E-state index is 13.0. The molecule has 2 atom stereocenters. The summed E-state index contributed by atoms with van der Waals surface area (Å²) in [4.78, 5) is 15.2. The summed E-state index contributed by atoms with van der Waals surface area (Å²) in [5.74, 6) is -0.359. The monoisotopic (exact) mass is 483 g/mol. The number of hydrogen-bond acceptors (Lipinski definition) is 6. The predicted octanol–water partition coefficient (Wildman–Crippen LogP) is 1.63. The van der Waals surface area contributed by atoms with Gasteiger partial charge >= 0.3 is 0 Å². The normalized spacial score (nSPS) is 27.1. The van der Waals surface area contributed by atoms with Gasteiger partial charge in [0.15, 0.2) is 9.84 Å². The molecule has 2 aliphatic heterocycles. The molecule has 4 rings (SSSR count). The van der Waals surface area contributed by atoms with Crippen molar-refractivity contribution in [2.24, 2.45) is 0 Å². The second-order valence-corrected chi connectivity index (χ2v) is 13.5. The van der Waals surface area contributed by atoms with Gasteiger partial charge in [0, 0.05) is 24.7 Å². The summed E-state index contributed by atoms with van der Waals surface area (Å²) in [6.45, 7) is 1.71. The maximum Gasteiger partial charge on any atom is 0.251 e. The molecule has 8 nitrogen and oxygen atoms in total. The van der Waals surface area contributed by atoms with Crippen LogP contribution in [0.1, 0.15) is 55.3 Å². The van der Waals surface area contributed by atoms with Crippen molar-refractivity contribution in [2.45, 2.75) is 68.0 Å². The quantitative estimate of drug-likeness (QED) is 0.660. The van der Waals surface area contributed by atoms with E-state index >= 15 is 0 Å². The van der Waals surface area contributed by atoms with Crippen molar-refractivity contribution in [3.05, 3.63) is 29.8 Å². The van der Waals surface area contributed by atoms with Gasteiger partial charge in [-0.15, -0.1) is 0 Å². The van der Waals surface area contributed by atoms with Crippen LogP contribution in [-0.2, 0) is 19.9 Å². The first-order chi connectivity index (χ1) is 15.2. The van der Waals surface area contributed by atoms with Gasteiger partial charge in [0.1, 0.15) is 0 Å². The minimum absolute atomic E-state index is 0.0172. The van der Waals surface area contributed by atoms with E-state index in [-0.39, 0.29) is 34.4 Å². The molecule has 2 heterocycles. The van der Waals surface area contributed by atoms with Gasteiger partial charge in [0.2, 0.25) is 10.0 Å². The first-order valence-electron chi connectivity index (χ1n) is 11.5. The Hall–Kier alpha value is -1.49. The largest absolute Gasteiger partial charge is 0.347 e. The minimum atomic E-state index is -3.62. The highest BCUT2D eigenvalue weighted by Gasteiger charge is 2.42. The number of nitrogens with one attached hydrogen (secondary N) is 1. The Morgan fingerprint density at radius 3 is 2.25 bits per heavy atom. The smallest absolute Gasteiger partial charge is 0.251 e.